The highest BCUT2D eigenvalue weighted by Gasteiger charge is 2.12. The van der Waals surface area contributed by atoms with E-state index in [1.165, 1.54) is 16.8 Å². The number of aliphatic imine (C=N–C) groups is 1. The van der Waals surface area contributed by atoms with E-state index in [0.717, 1.165) is 12.8 Å². The molecule has 0 aromatic carbocycles. The van der Waals surface area contributed by atoms with Crippen molar-refractivity contribution in [3.63, 3.8) is 0 Å². The molecule has 1 heteroatoms. The molecule has 0 atom stereocenters. The summed E-state index contributed by atoms with van der Waals surface area (Å²) in [5.74, 6) is 0.636. The Morgan fingerprint density at radius 3 is 2.38 bits per heavy atom. The summed E-state index contributed by atoms with van der Waals surface area (Å²) >= 11 is 0. The van der Waals surface area contributed by atoms with Crippen LogP contribution in [0.4, 0.5) is 0 Å². The van der Waals surface area contributed by atoms with E-state index in [4.69, 9.17) is 0 Å². The van der Waals surface area contributed by atoms with E-state index in [9.17, 15) is 0 Å². The van der Waals surface area contributed by atoms with Gasteiger partial charge in [-0.15, -0.1) is 0 Å². The molecule has 90 valence electrons. The summed E-state index contributed by atoms with van der Waals surface area (Å²) in [6, 6.07) is 0. The average Bonchev–Trinajstić information content (AvgIpc) is 2.32. The maximum Gasteiger partial charge on any atom is 0.0474 e. The van der Waals surface area contributed by atoms with Gasteiger partial charge >= 0.3 is 0 Å². The first-order valence-electron chi connectivity index (χ1n) is 6.23. The van der Waals surface area contributed by atoms with E-state index in [1.54, 1.807) is 0 Å². The van der Waals surface area contributed by atoms with Gasteiger partial charge in [0.05, 0.1) is 0 Å². The average molecular weight is 219 g/mol. The number of hydrogen-bond donors (Lipinski definition) is 0. The van der Waals surface area contributed by atoms with Crippen molar-refractivity contribution in [1.29, 1.82) is 0 Å². The number of nitrogens with zero attached hydrogens (tertiary/aromatic N) is 1. The van der Waals surface area contributed by atoms with Gasteiger partial charge in [-0.05, 0) is 31.3 Å². The van der Waals surface area contributed by atoms with Crippen LogP contribution in [-0.2, 0) is 0 Å². The van der Waals surface area contributed by atoms with Crippen molar-refractivity contribution < 1.29 is 0 Å². The zero-order valence-electron chi connectivity index (χ0n) is 11.4. The molecule has 0 fully saturated rings. The quantitative estimate of drug-likeness (QED) is 0.597. The van der Waals surface area contributed by atoms with Crippen LogP contribution < -0.4 is 0 Å². The maximum absolute atomic E-state index is 4.37. The molecule has 0 amide bonds. The smallest absolute Gasteiger partial charge is 0.0474 e. The van der Waals surface area contributed by atoms with Crippen molar-refractivity contribution in [2.24, 2.45) is 10.9 Å². The minimum Gasteiger partial charge on any atom is -0.265 e. The highest BCUT2D eigenvalue weighted by Crippen LogP contribution is 2.29. The first-order chi connectivity index (χ1) is 7.69. The minimum absolute atomic E-state index is 0.636. The zero-order chi connectivity index (χ0) is 12.6. The predicted octanol–water partition coefficient (Wildman–Crippen LogP) is 4.92. The molecule has 0 bridgehead atoms. The van der Waals surface area contributed by atoms with Gasteiger partial charge in [-0.1, -0.05) is 52.0 Å². The van der Waals surface area contributed by atoms with Crippen LogP contribution in [0.5, 0.6) is 0 Å². The largest absolute Gasteiger partial charge is 0.265 e. The zero-order valence-corrected chi connectivity index (χ0v) is 11.4. The third-order valence-electron chi connectivity index (χ3n) is 2.57. The van der Waals surface area contributed by atoms with Gasteiger partial charge in [-0.3, -0.25) is 4.99 Å². The lowest BCUT2D eigenvalue weighted by Crippen LogP contribution is -2.02. The molecule has 1 rings (SSSR count). The fourth-order valence-corrected chi connectivity index (χ4v) is 1.69. The molecular formula is C15H25N. The Hall–Kier alpha value is -1.11. The molecule has 0 heterocycles. The van der Waals surface area contributed by atoms with Gasteiger partial charge in [0.2, 0.25) is 0 Å². The summed E-state index contributed by atoms with van der Waals surface area (Å²) in [4.78, 5) is 4.37. The van der Waals surface area contributed by atoms with Crippen LogP contribution in [0.15, 0.2) is 40.6 Å². The second-order valence-electron chi connectivity index (χ2n) is 3.87. The fraction of sp³-hybridized carbons (Fsp3) is 0.533. The summed E-state index contributed by atoms with van der Waals surface area (Å²) in [5, 5.41) is 0. The Labute approximate surface area is 101 Å². The topological polar surface area (TPSA) is 12.4 Å². The molecule has 0 aromatic rings. The lowest BCUT2D eigenvalue weighted by Gasteiger charge is -2.18. The standard InChI is InChI=1S/C13H19N.C2H6/c1-5-11-9-12(10(3)4)7-8-13(11)14-6-2;1-2/h5-6,9-10H,1,7-8H2,2-4H3;1-2H3. The number of hydrogen-bond acceptors (Lipinski definition) is 1. The van der Waals surface area contributed by atoms with E-state index < -0.39 is 0 Å². The van der Waals surface area contributed by atoms with Gasteiger partial charge in [-0.2, -0.15) is 0 Å². The van der Waals surface area contributed by atoms with Gasteiger partial charge in [0, 0.05) is 11.9 Å². The van der Waals surface area contributed by atoms with Crippen molar-refractivity contribution in [1.82, 2.24) is 0 Å². The molecule has 1 nitrogen and oxygen atoms in total. The van der Waals surface area contributed by atoms with Gasteiger partial charge < -0.3 is 0 Å². The number of rotatable bonds is 3. The van der Waals surface area contributed by atoms with Crippen LogP contribution in [-0.4, -0.2) is 6.21 Å². The van der Waals surface area contributed by atoms with Crippen LogP contribution in [0.1, 0.15) is 47.5 Å². The summed E-state index contributed by atoms with van der Waals surface area (Å²) in [5.41, 5.74) is 3.87. The van der Waals surface area contributed by atoms with Crippen molar-refractivity contribution in [2.75, 3.05) is 0 Å². The second-order valence-corrected chi connectivity index (χ2v) is 3.87. The second kappa shape index (κ2) is 8.09. The van der Waals surface area contributed by atoms with Crippen molar-refractivity contribution >= 4 is 6.21 Å². The third kappa shape index (κ3) is 4.18. The van der Waals surface area contributed by atoms with Gasteiger partial charge in [0.15, 0.2) is 0 Å². The molecule has 16 heavy (non-hydrogen) atoms. The lowest BCUT2D eigenvalue weighted by molar-refractivity contribution is 0.695. The van der Waals surface area contributed by atoms with Crippen molar-refractivity contribution in [3.8, 4) is 0 Å². The van der Waals surface area contributed by atoms with Crippen LogP contribution in [0.3, 0.4) is 0 Å². The van der Waals surface area contributed by atoms with Crippen LogP contribution >= 0.6 is 0 Å². The summed E-state index contributed by atoms with van der Waals surface area (Å²) in [6.45, 7) is 14.3. The van der Waals surface area contributed by atoms with E-state index in [-0.39, 0.29) is 0 Å². The van der Waals surface area contributed by atoms with E-state index in [2.05, 4.69) is 31.5 Å². The fourth-order valence-electron chi connectivity index (χ4n) is 1.69. The Morgan fingerprint density at radius 2 is 1.94 bits per heavy atom. The molecular weight excluding hydrogens is 194 g/mol. The van der Waals surface area contributed by atoms with Gasteiger partial charge in [0.1, 0.15) is 0 Å². The molecule has 0 radical (unpaired) electrons. The predicted molar refractivity (Wildman–Crippen MR) is 74.9 cm³/mol. The first-order valence-corrected chi connectivity index (χ1v) is 6.23. The normalized spacial score (nSPS) is 16.0. The molecule has 0 aliphatic heterocycles. The third-order valence-corrected chi connectivity index (χ3v) is 2.57. The monoisotopic (exact) mass is 219 g/mol. The highest BCUT2D eigenvalue weighted by molar-refractivity contribution is 5.57. The molecule has 0 N–H and O–H groups in total. The highest BCUT2D eigenvalue weighted by atomic mass is 14.7. The molecule has 0 saturated heterocycles. The molecule has 1 aliphatic rings. The van der Waals surface area contributed by atoms with Gasteiger partial charge in [-0.25, -0.2) is 0 Å². The van der Waals surface area contributed by atoms with Crippen LogP contribution in [0.25, 0.3) is 0 Å². The lowest BCUT2D eigenvalue weighted by atomic mass is 9.90. The number of allylic oxidation sites excluding steroid dienone is 5. The van der Waals surface area contributed by atoms with E-state index in [0.29, 0.717) is 5.92 Å². The Kier molecular flexibility index (Phi) is 7.53. The van der Waals surface area contributed by atoms with Crippen LogP contribution in [0, 0.1) is 5.92 Å². The van der Waals surface area contributed by atoms with E-state index in [1.807, 2.05) is 33.1 Å². The molecule has 0 saturated carbocycles. The Morgan fingerprint density at radius 1 is 1.31 bits per heavy atom. The Bertz CT molecular complexity index is 303. The summed E-state index contributed by atoms with van der Waals surface area (Å²) < 4.78 is 0. The minimum atomic E-state index is 0.636. The van der Waals surface area contributed by atoms with E-state index >= 15 is 0 Å². The molecule has 0 aromatic heterocycles. The molecule has 0 unspecified atom stereocenters. The first kappa shape index (κ1) is 14.9. The maximum atomic E-state index is 4.37. The van der Waals surface area contributed by atoms with Gasteiger partial charge in [0.25, 0.3) is 0 Å². The summed E-state index contributed by atoms with van der Waals surface area (Å²) in [6.07, 6.45) is 8.19. The summed E-state index contributed by atoms with van der Waals surface area (Å²) in [7, 11) is 0. The SMILES string of the molecule is C=CC1=C(N=CC)CCC(C(C)C)=C1.CC. The van der Waals surface area contributed by atoms with Crippen LogP contribution in [0.2, 0.25) is 0 Å². The Balaban J connectivity index is 0.00000106. The van der Waals surface area contributed by atoms with Crippen molar-refractivity contribution in [2.45, 2.75) is 47.5 Å². The molecule has 1 aliphatic carbocycles. The molecule has 0 spiro atoms. The van der Waals surface area contributed by atoms with Crippen molar-refractivity contribution in [3.05, 3.63) is 35.6 Å².